The summed E-state index contributed by atoms with van der Waals surface area (Å²) < 4.78 is 24.9. The van der Waals surface area contributed by atoms with Gasteiger partial charge in [0.2, 0.25) is 6.43 Å². The number of hydrogen-bond donors (Lipinski definition) is 1. The summed E-state index contributed by atoms with van der Waals surface area (Å²) in [5.74, 6) is 0. The number of benzene rings is 1. The fraction of sp³-hybridized carbons (Fsp3) is 0.571. The average Bonchev–Trinajstić information content (AvgIpc) is 2.23. The highest BCUT2D eigenvalue weighted by Crippen LogP contribution is 2.31. The fourth-order valence-corrected chi connectivity index (χ4v) is 2.39. The summed E-state index contributed by atoms with van der Waals surface area (Å²) in [6.07, 6.45) is -2.63. The zero-order valence-electron chi connectivity index (χ0n) is 11.2. The second-order valence-electron chi connectivity index (χ2n) is 4.77. The van der Waals surface area contributed by atoms with Gasteiger partial charge < -0.3 is 5.73 Å². The Kier molecular flexibility index (Phi) is 4.26. The Morgan fingerprint density at radius 3 is 1.53 bits per heavy atom. The van der Waals surface area contributed by atoms with E-state index in [4.69, 9.17) is 5.73 Å². The Bertz CT molecular complexity index is 396. The lowest BCUT2D eigenvalue weighted by Gasteiger charge is -2.23. The van der Waals surface area contributed by atoms with Crippen LogP contribution in [0.1, 0.15) is 45.8 Å². The maximum absolute atomic E-state index is 12.4. The zero-order valence-corrected chi connectivity index (χ0v) is 11.2. The molecule has 0 aromatic heterocycles. The van der Waals surface area contributed by atoms with E-state index in [9.17, 15) is 8.78 Å². The van der Waals surface area contributed by atoms with Crippen LogP contribution >= 0.6 is 0 Å². The lowest BCUT2D eigenvalue weighted by atomic mass is 9.86. The quantitative estimate of drug-likeness (QED) is 0.853. The molecule has 2 N–H and O–H groups in total. The van der Waals surface area contributed by atoms with Gasteiger partial charge in [0.05, 0.1) is 0 Å². The highest BCUT2D eigenvalue weighted by molar-refractivity contribution is 5.50. The van der Waals surface area contributed by atoms with Crippen molar-refractivity contribution in [2.75, 3.05) is 0 Å². The lowest BCUT2D eigenvalue weighted by Crippen LogP contribution is -2.18. The van der Waals surface area contributed by atoms with Gasteiger partial charge in [-0.25, -0.2) is 8.78 Å². The van der Waals surface area contributed by atoms with E-state index in [0.717, 1.165) is 27.8 Å². The van der Waals surface area contributed by atoms with Crippen LogP contribution in [0.15, 0.2) is 0 Å². The Balaban J connectivity index is 3.33. The van der Waals surface area contributed by atoms with E-state index >= 15 is 0 Å². The molecule has 17 heavy (non-hydrogen) atoms. The first-order valence-corrected chi connectivity index (χ1v) is 5.87. The van der Waals surface area contributed by atoms with E-state index in [2.05, 4.69) is 6.92 Å². The molecule has 1 rings (SSSR count). The van der Waals surface area contributed by atoms with Crippen molar-refractivity contribution in [3.63, 3.8) is 0 Å². The molecule has 0 saturated heterocycles. The monoisotopic (exact) mass is 241 g/mol. The molecule has 1 aromatic rings. The third-order valence-electron chi connectivity index (χ3n) is 3.86. The predicted molar refractivity (Wildman–Crippen MR) is 67.7 cm³/mol. The smallest absolute Gasteiger partial charge is 0.240 e. The number of halogens is 2. The highest BCUT2D eigenvalue weighted by atomic mass is 19.3. The second kappa shape index (κ2) is 5.13. The Hall–Kier alpha value is -0.960. The molecule has 0 aliphatic carbocycles. The van der Waals surface area contributed by atoms with E-state index in [1.165, 1.54) is 5.56 Å². The normalized spacial score (nSPS) is 13.2. The third kappa shape index (κ3) is 2.65. The van der Waals surface area contributed by atoms with Gasteiger partial charge in [-0.1, -0.05) is 0 Å². The summed E-state index contributed by atoms with van der Waals surface area (Å²) >= 11 is 0. The van der Waals surface area contributed by atoms with Crippen LogP contribution in [-0.4, -0.2) is 6.43 Å². The first-order chi connectivity index (χ1) is 7.77. The molecular weight excluding hydrogens is 220 g/mol. The van der Waals surface area contributed by atoms with Crippen LogP contribution < -0.4 is 5.73 Å². The van der Waals surface area contributed by atoms with Crippen molar-refractivity contribution < 1.29 is 8.78 Å². The summed E-state index contributed by atoms with van der Waals surface area (Å²) in [5.41, 5.74) is 12.5. The van der Waals surface area contributed by atoms with Crippen molar-refractivity contribution in [1.82, 2.24) is 0 Å². The van der Waals surface area contributed by atoms with Gasteiger partial charge in [-0.2, -0.15) is 0 Å². The van der Waals surface area contributed by atoms with Gasteiger partial charge >= 0.3 is 0 Å². The highest BCUT2D eigenvalue weighted by Gasteiger charge is 2.20. The first-order valence-electron chi connectivity index (χ1n) is 5.87. The van der Waals surface area contributed by atoms with Crippen LogP contribution in [0.3, 0.4) is 0 Å². The van der Waals surface area contributed by atoms with Crippen molar-refractivity contribution in [2.45, 2.75) is 53.5 Å². The number of rotatable bonds is 3. The van der Waals surface area contributed by atoms with Gasteiger partial charge in [-0.15, -0.1) is 0 Å². The van der Waals surface area contributed by atoms with Crippen LogP contribution in [-0.2, 0) is 0 Å². The zero-order chi connectivity index (χ0) is 13.3. The van der Waals surface area contributed by atoms with Crippen LogP contribution in [0.5, 0.6) is 0 Å². The molecule has 96 valence electrons. The fourth-order valence-electron chi connectivity index (χ4n) is 2.39. The van der Waals surface area contributed by atoms with Crippen LogP contribution in [0, 0.1) is 34.6 Å². The van der Waals surface area contributed by atoms with E-state index in [1.807, 2.05) is 27.7 Å². The van der Waals surface area contributed by atoms with Gasteiger partial charge in [-0.3, -0.25) is 0 Å². The number of alkyl halides is 2. The number of nitrogens with two attached hydrogens (primary N) is 1. The molecule has 0 unspecified atom stereocenters. The average molecular weight is 241 g/mol. The van der Waals surface area contributed by atoms with Gasteiger partial charge in [0, 0.05) is 12.5 Å². The molecule has 0 aliphatic heterocycles. The van der Waals surface area contributed by atoms with Crippen molar-refractivity contribution in [2.24, 2.45) is 5.73 Å². The van der Waals surface area contributed by atoms with Crippen molar-refractivity contribution in [3.8, 4) is 0 Å². The summed E-state index contributed by atoms with van der Waals surface area (Å²) in [6, 6.07) is -0.576. The largest absolute Gasteiger partial charge is 0.324 e. The third-order valence-corrected chi connectivity index (χ3v) is 3.86. The Morgan fingerprint density at radius 1 is 0.824 bits per heavy atom. The lowest BCUT2D eigenvalue weighted by molar-refractivity contribution is 0.128. The van der Waals surface area contributed by atoms with E-state index in [1.54, 1.807) is 0 Å². The van der Waals surface area contributed by atoms with E-state index in [-0.39, 0.29) is 6.42 Å². The molecule has 0 radical (unpaired) electrons. The predicted octanol–water partition coefficient (Wildman–Crippen LogP) is 3.88. The van der Waals surface area contributed by atoms with Gasteiger partial charge in [0.1, 0.15) is 0 Å². The Labute approximate surface area is 102 Å². The molecular formula is C14H21F2N. The molecule has 1 atom stereocenters. The minimum atomic E-state index is -2.36. The molecule has 0 saturated carbocycles. The second-order valence-corrected chi connectivity index (χ2v) is 4.77. The molecule has 3 heteroatoms. The molecule has 1 nitrogen and oxygen atoms in total. The molecule has 1 aromatic carbocycles. The summed E-state index contributed by atoms with van der Waals surface area (Å²) in [5, 5.41) is 0. The maximum Gasteiger partial charge on any atom is 0.240 e. The van der Waals surface area contributed by atoms with Crippen LogP contribution in [0.2, 0.25) is 0 Å². The molecule has 0 spiro atoms. The van der Waals surface area contributed by atoms with Crippen molar-refractivity contribution >= 4 is 0 Å². The first kappa shape index (κ1) is 14.1. The maximum atomic E-state index is 12.4. The minimum absolute atomic E-state index is 0.274. The van der Waals surface area contributed by atoms with Crippen LogP contribution in [0.25, 0.3) is 0 Å². The molecule has 0 bridgehead atoms. The summed E-state index contributed by atoms with van der Waals surface area (Å²) in [6.45, 7) is 10.0. The van der Waals surface area contributed by atoms with Crippen molar-refractivity contribution in [3.05, 3.63) is 33.4 Å². The standard InChI is InChI=1S/C14H21F2N/c1-7-8(2)10(4)14(11(5)9(7)3)12(17)6-13(15)16/h12-13H,6,17H2,1-5H3/t12-/m0/s1. The topological polar surface area (TPSA) is 26.0 Å². The van der Waals surface area contributed by atoms with E-state index < -0.39 is 12.5 Å². The number of hydrogen-bond acceptors (Lipinski definition) is 1. The van der Waals surface area contributed by atoms with Crippen molar-refractivity contribution in [1.29, 1.82) is 0 Å². The summed E-state index contributed by atoms with van der Waals surface area (Å²) in [4.78, 5) is 0. The van der Waals surface area contributed by atoms with Gasteiger partial charge in [0.25, 0.3) is 0 Å². The SMILES string of the molecule is Cc1c(C)c(C)c([C@@H](N)CC(F)F)c(C)c1C. The minimum Gasteiger partial charge on any atom is -0.324 e. The molecule has 0 fully saturated rings. The van der Waals surface area contributed by atoms with Gasteiger partial charge in [0.15, 0.2) is 0 Å². The molecule has 0 amide bonds. The van der Waals surface area contributed by atoms with Crippen LogP contribution in [0.4, 0.5) is 8.78 Å². The Morgan fingerprint density at radius 2 is 1.18 bits per heavy atom. The van der Waals surface area contributed by atoms with Gasteiger partial charge in [-0.05, 0) is 68.0 Å². The molecule has 0 aliphatic rings. The van der Waals surface area contributed by atoms with E-state index in [0.29, 0.717) is 0 Å². The summed E-state index contributed by atoms with van der Waals surface area (Å²) in [7, 11) is 0. The molecule has 0 heterocycles.